The quantitative estimate of drug-likeness (QED) is 0.620. The molecule has 0 radical (unpaired) electrons. The van der Waals surface area contributed by atoms with Gasteiger partial charge in [-0.25, -0.2) is 8.42 Å². The van der Waals surface area contributed by atoms with Gasteiger partial charge in [-0.15, -0.1) is 5.10 Å². The number of aromatic nitrogens is 2. The van der Waals surface area contributed by atoms with Gasteiger partial charge in [-0.05, 0) is 69.5 Å². The van der Waals surface area contributed by atoms with Crippen molar-refractivity contribution in [1.82, 2.24) is 14.5 Å². The van der Waals surface area contributed by atoms with Crippen LogP contribution in [0.2, 0.25) is 0 Å². The van der Waals surface area contributed by atoms with Crippen LogP contribution in [0.4, 0.5) is 6.01 Å². The minimum absolute atomic E-state index is 0.0234. The molecule has 1 atom stereocenters. The number of anilines is 1. The zero-order valence-corrected chi connectivity index (χ0v) is 19.1. The average Bonchev–Trinajstić information content (AvgIpc) is 3.24. The smallest absolute Gasteiger partial charge is 0.322 e. The van der Waals surface area contributed by atoms with Crippen molar-refractivity contribution < 1.29 is 17.6 Å². The topological polar surface area (TPSA) is 105 Å². The van der Waals surface area contributed by atoms with Gasteiger partial charge in [0.05, 0.1) is 4.90 Å². The monoisotopic (exact) mass is 454 g/mol. The molecule has 168 valence electrons. The van der Waals surface area contributed by atoms with E-state index in [1.807, 2.05) is 39.0 Å². The molecular weight excluding hydrogens is 428 g/mol. The molecule has 8 nitrogen and oxygen atoms in total. The van der Waals surface area contributed by atoms with Gasteiger partial charge >= 0.3 is 6.01 Å². The summed E-state index contributed by atoms with van der Waals surface area (Å²) in [6.07, 6.45) is 2.75. The first-order valence-corrected chi connectivity index (χ1v) is 12.0. The Bertz CT molecular complexity index is 1240. The van der Waals surface area contributed by atoms with E-state index in [4.69, 9.17) is 4.42 Å². The van der Waals surface area contributed by atoms with Gasteiger partial charge in [-0.2, -0.15) is 4.31 Å². The number of nitrogens with one attached hydrogen (secondary N) is 1. The second-order valence-electron chi connectivity index (χ2n) is 8.17. The molecule has 0 bridgehead atoms. The highest BCUT2D eigenvalue weighted by molar-refractivity contribution is 7.89. The van der Waals surface area contributed by atoms with Gasteiger partial charge in [0.2, 0.25) is 15.9 Å². The number of benzene rings is 2. The number of hydrogen-bond acceptors (Lipinski definition) is 6. The predicted octanol–water partition coefficient (Wildman–Crippen LogP) is 4.17. The van der Waals surface area contributed by atoms with E-state index in [-0.39, 0.29) is 17.0 Å². The van der Waals surface area contributed by atoms with E-state index < -0.39 is 15.9 Å². The fraction of sp³-hybridized carbons (Fsp3) is 0.348. The predicted molar refractivity (Wildman–Crippen MR) is 121 cm³/mol. The van der Waals surface area contributed by atoms with E-state index in [0.717, 1.165) is 36.0 Å². The van der Waals surface area contributed by atoms with Crippen LogP contribution >= 0.6 is 0 Å². The van der Waals surface area contributed by atoms with Crippen LogP contribution in [0.25, 0.3) is 11.5 Å². The van der Waals surface area contributed by atoms with Crippen LogP contribution in [-0.2, 0) is 10.0 Å². The van der Waals surface area contributed by atoms with Crippen molar-refractivity contribution in [2.75, 3.05) is 11.9 Å². The van der Waals surface area contributed by atoms with Crippen molar-refractivity contribution in [3.05, 3.63) is 59.2 Å². The molecule has 1 aromatic heterocycles. The molecule has 0 aliphatic carbocycles. The molecule has 1 fully saturated rings. The number of piperidine rings is 1. The zero-order chi connectivity index (χ0) is 22.9. The summed E-state index contributed by atoms with van der Waals surface area (Å²) in [7, 11) is -3.59. The Hall–Kier alpha value is -3.04. The SMILES string of the molecule is Cc1ccc(C)c(-c2nnc(NC(=O)c3ccc(S(=O)(=O)N4CCCC[C@H]4C)cc3)o2)c1. The van der Waals surface area contributed by atoms with Gasteiger partial charge in [0.15, 0.2) is 0 Å². The minimum atomic E-state index is -3.59. The molecule has 4 rings (SSSR count). The lowest BCUT2D eigenvalue weighted by atomic mass is 10.1. The molecule has 0 saturated carbocycles. The summed E-state index contributed by atoms with van der Waals surface area (Å²) in [5.74, 6) is -0.143. The van der Waals surface area contributed by atoms with Crippen LogP contribution in [0, 0.1) is 13.8 Å². The van der Waals surface area contributed by atoms with Gasteiger partial charge in [0.1, 0.15) is 0 Å². The lowest BCUT2D eigenvalue weighted by Crippen LogP contribution is -2.41. The van der Waals surface area contributed by atoms with Crippen molar-refractivity contribution in [1.29, 1.82) is 0 Å². The largest absolute Gasteiger partial charge is 0.403 e. The van der Waals surface area contributed by atoms with Crippen LogP contribution in [-0.4, -0.2) is 41.4 Å². The average molecular weight is 455 g/mol. The Morgan fingerprint density at radius 2 is 1.84 bits per heavy atom. The highest BCUT2D eigenvalue weighted by Crippen LogP contribution is 2.26. The normalized spacial score (nSPS) is 17.3. The van der Waals surface area contributed by atoms with E-state index in [1.54, 1.807) is 4.31 Å². The van der Waals surface area contributed by atoms with E-state index in [2.05, 4.69) is 15.5 Å². The summed E-state index contributed by atoms with van der Waals surface area (Å²) in [5, 5.41) is 10.5. The number of aryl methyl sites for hydroxylation is 2. The minimum Gasteiger partial charge on any atom is -0.403 e. The Morgan fingerprint density at radius 3 is 2.56 bits per heavy atom. The summed E-state index contributed by atoms with van der Waals surface area (Å²) in [5.41, 5.74) is 3.14. The summed E-state index contributed by atoms with van der Waals surface area (Å²) < 4.78 is 33.1. The number of hydrogen-bond donors (Lipinski definition) is 1. The lowest BCUT2D eigenvalue weighted by Gasteiger charge is -2.32. The number of carbonyl (C=O) groups excluding carboxylic acids is 1. The van der Waals surface area contributed by atoms with Crippen molar-refractivity contribution in [3.8, 4) is 11.5 Å². The first-order valence-electron chi connectivity index (χ1n) is 10.6. The fourth-order valence-electron chi connectivity index (χ4n) is 3.86. The summed E-state index contributed by atoms with van der Waals surface area (Å²) in [6, 6.07) is 11.7. The van der Waals surface area contributed by atoms with E-state index in [9.17, 15) is 13.2 Å². The number of sulfonamides is 1. The second kappa shape index (κ2) is 8.84. The van der Waals surface area contributed by atoms with Gasteiger partial charge in [0.25, 0.3) is 5.91 Å². The third kappa shape index (κ3) is 4.44. The molecule has 32 heavy (non-hydrogen) atoms. The maximum absolute atomic E-state index is 13.0. The molecule has 1 saturated heterocycles. The Labute approximate surface area is 187 Å². The third-order valence-corrected chi connectivity index (χ3v) is 7.76. The zero-order valence-electron chi connectivity index (χ0n) is 18.3. The number of carbonyl (C=O) groups is 1. The number of amides is 1. The molecule has 0 unspecified atom stereocenters. The molecular formula is C23H26N4O4S. The van der Waals surface area contributed by atoms with Crippen LogP contribution in [0.1, 0.15) is 47.7 Å². The first kappa shape index (κ1) is 22.2. The van der Waals surface area contributed by atoms with Gasteiger partial charge in [-0.3, -0.25) is 10.1 Å². The summed E-state index contributed by atoms with van der Waals surface area (Å²) >= 11 is 0. The lowest BCUT2D eigenvalue weighted by molar-refractivity contribution is 0.102. The molecule has 9 heteroatoms. The van der Waals surface area contributed by atoms with Gasteiger partial charge < -0.3 is 4.42 Å². The van der Waals surface area contributed by atoms with Gasteiger partial charge in [0, 0.05) is 23.7 Å². The summed E-state index contributed by atoms with van der Waals surface area (Å²) in [4.78, 5) is 12.8. The van der Waals surface area contributed by atoms with Gasteiger partial charge in [-0.1, -0.05) is 29.2 Å². The molecule has 1 N–H and O–H groups in total. The molecule has 2 heterocycles. The maximum atomic E-state index is 13.0. The molecule has 1 aliphatic rings. The van der Waals surface area contributed by atoms with Crippen molar-refractivity contribution >= 4 is 21.9 Å². The van der Waals surface area contributed by atoms with E-state index >= 15 is 0 Å². The molecule has 1 amide bonds. The van der Waals surface area contributed by atoms with Crippen molar-refractivity contribution in [3.63, 3.8) is 0 Å². The Balaban J connectivity index is 1.48. The fourth-order valence-corrected chi connectivity index (χ4v) is 5.56. The second-order valence-corrected chi connectivity index (χ2v) is 10.1. The number of nitrogens with zero attached hydrogens (tertiary/aromatic N) is 3. The molecule has 0 spiro atoms. The molecule has 3 aromatic rings. The third-order valence-electron chi connectivity index (χ3n) is 5.73. The maximum Gasteiger partial charge on any atom is 0.322 e. The van der Waals surface area contributed by atoms with Crippen LogP contribution in [0.5, 0.6) is 0 Å². The van der Waals surface area contributed by atoms with E-state index in [1.165, 1.54) is 24.3 Å². The molecule has 2 aromatic carbocycles. The standard InChI is InChI=1S/C23H26N4O4S/c1-15-7-8-16(2)20(14-15)22-25-26-23(31-22)24-21(28)18-9-11-19(12-10-18)32(29,30)27-13-5-4-6-17(27)3/h7-12,14,17H,4-6,13H2,1-3H3,(H,24,26,28)/t17-/m1/s1. The van der Waals surface area contributed by atoms with Crippen LogP contribution in [0.15, 0.2) is 51.8 Å². The van der Waals surface area contributed by atoms with Crippen LogP contribution in [0.3, 0.4) is 0 Å². The summed E-state index contributed by atoms with van der Waals surface area (Å²) in [6.45, 7) is 6.36. The Morgan fingerprint density at radius 1 is 1.09 bits per heavy atom. The number of rotatable bonds is 5. The van der Waals surface area contributed by atoms with Crippen molar-refractivity contribution in [2.45, 2.75) is 51.0 Å². The highest BCUT2D eigenvalue weighted by Gasteiger charge is 2.31. The van der Waals surface area contributed by atoms with E-state index in [0.29, 0.717) is 18.0 Å². The molecule has 1 aliphatic heterocycles. The van der Waals surface area contributed by atoms with Crippen molar-refractivity contribution in [2.24, 2.45) is 0 Å². The van der Waals surface area contributed by atoms with Crippen LogP contribution < -0.4 is 5.32 Å². The Kier molecular flexibility index (Phi) is 6.12. The first-order chi connectivity index (χ1) is 15.3. The highest BCUT2D eigenvalue weighted by atomic mass is 32.2.